The highest BCUT2D eigenvalue weighted by atomic mass is 16.6. The van der Waals surface area contributed by atoms with Crippen molar-refractivity contribution in [3.63, 3.8) is 0 Å². The number of nitrogens with zero attached hydrogens (tertiary/aromatic N) is 2. The van der Waals surface area contributed by atoms with Crippen LogP contribution in [0.4, 0.5) is 4.79 Å². The maximum atomic E-state index is 12.6. The van der Waals surface area contributed by atoms with Gasteiger partial charge in [-0.1, -0.05) is 0 Å². The zero-order chi connectivity index (χ0) is 20.7. The highest BCUT2D eigenvalue weighted by Crippen LogP contribution is 2.23. The number of likely N-dealkylation sites (tertiary alicyclic amines) is 1. The first-order valence-corrected chi connectivity index (χ1v) is 9.19. The van der Waals surface area contributed by atoms with Crippen LogP contribution in [0.25, 0.3) is 0 Å². The summed E-state index contributed by atoms with van der Waals surface area (Å²) in [5, 5.41) is 11.6. The Hall–Kier alpha value is -2.95. The summed E-state index contributed by atoms with van der Waals surface area (Å²) in [7, 11) is 1.50. The van der Waals surface area contributed by atoms with Gasteiger partial charge >= 0.3 is 6.09 Å². The number of hydrogen-bond acceptors (Lipinski definition) is 6. The lowest BCUT2D eigenvalue weighted by Crippen LogP contribution is -2.47. The van der Waals surface area contributed by atoms with Gasteiger partial charge in [0.2, 0.25) is 0 Å². The molecule has 1 heterocycles. The molecule has 2 rings (SSSR count). The van der Waals surface area contributed by atoms with E-state index >= 15 is 0 Å². The molecule has 0 bridgehead atoms. The number of hydrogen-bond donors (Lipinski definition) is 1. The summed E-state index contributed by atoms with van der Waals surface area (Å²) in [6, 6.07) is 6.66. The Morgan fingerprint density at radius 3 is 2.43 bits per heavy atom. The average Bonchev–Trinajstić information content (AvgIpc) is 2.65. The van der Waals surface area contributed by atoms with Crippen molar-refractivity contribution in [3.8, 4) is 17.6 Å². The van der Waals surface area contributed by atoms with Gasteiger partial charge in [0.25, 0.3) is 5.91 Å². The van der Waals surface area contributed by atoms with E-state index in [0.29, 0.717) is 43.0 Å². The molecule has 8 nitrogen and oxygen atoms in total. The molecule has 152 valence electrons. The average molecular weight is 389 g/mol. The van der Waals surface area contributed by atoms with E-state index in [1.807, 2.05) is 26.8 Å². The smallest absolute Gasteiger partial charge is 0.410 e. The number of ether oxygens (including phenoxy) is 3. The van der Waals surface area contributed by atoms with Crippen LogP contribution in [-0.2, 0) is 4.74 Å². The minimum Gasteiger partial charge on any atom is -0.497 e. The molecule has 1 fully saturated rings. The number of carbonyl (C=O) groups excluding carboxylic acids is 2. The minimum absolute atomic E-state index is 0.0409. The second-order valence-electron chi connectivity index (χ2n) is 7.56. The van der Waals surface area contributed by atoms with Crippen LogP contribution in [0.3, 0.4) is 0 Å². The number of methoxy groups -OCH3 is 1. The van der Waals surface area contributed by atoms with Crippen molar-refractivity contribution >= 4 is 12.0 Å². The Morgan fingerprint density at radius 1 is 1.21 bits per heavy atom. The van der Waals surface area contributed by atoms with Crippen LogP contribution < -0.4 is 14.8 Å². The SMILES string of the molecule is COc1cc(OCC#N)cc(C(=O)NC2CCN(C(=O)OC(C)(C)C)CC2)c1. The van der Waals surface area contributed by atoms with E-state index in [-0.39, 0.29) is 24.6 Å². The minimum atomic E-state index is -0.528. The molecule has 8 heteroatoms. The highest BCUT2D eigenvalue weighted by molar-refractivity contribution is 5.95. The largest absolute Gasteiger partial charge is 0.497 e. The Balaban J connectivity index is 1.94. The Labute approximate surface area is 165 Å². The standard InChI is InChI=1S/C20H27N3O5/c1-20(2,3)28-19(25)23-8-5-15(6-9-23)22-18(24)14-11-16(26-4)13-17(12-14)27-10-7-21/h11-13,15H,5-6,8-10H2,1-4H3,(H,22,24). The van der Waals surface area contributed by atoms with Crippen molar-refractivity contribution in [3.05, 3.63) is 23.8 Å². The third-order valence-corrected chi connectivity index (χ3v) is 4.16. The lowest BCUT2D eigenvalue weighted by molar-refractivity contribution is 0.0199. The summed E-state index contributed by atoms with van der Waals surface area (Å²) in [5.41, 5.74) is -0.137. The number of piperidine rings is 1. The zero-order valence-electron chi connectivity index (χ0n) is 16.8. The van der Waals surface area contributed by atoms with Crippen molar-refractivity contribution in [2.75, 3.05) is 26.8 Å². The Kier molecular flexibility index (Phi) is 7.10. The third-order valence-electron chi connectivity index (χ3n) is 4.16. The van der Waals surface area contributed by atoms with E-state index in [1.54, 1.807) is 23.1 Å². The second-order valence-corrected chi connectivity index (χ2v) is 7.56. The molecule has 1 N–H and O–H groups in total. The van der Waals surface area contributed by atoms with Gasteiger partial charge in [0.15, 0.2) is 6.61 Å². The highest BCUT2D eigenvalue weighted by Gasteiger charge is 2.27. The van der Waals surface area contributed by atoms with E-state index in [2.05, 4.69) is 5.32 Å². The van der Waals surface area contributed by atoms with Crippen molar-refractivity contribution in [1.29, 1.82) is 5.26 Å². The molecule has 0 saturated carbocycles. The van der Waals surface area contributed by atoms with Crippen molar-refractivity contribution in [1.82, 2.24) is 10.2 Å². The second kappa shape index (κ2) is 9.31. The molecule has 0 aromatic heterocycles. The summed E-state index contributed by atoms with van der Waals surface area (Å²) in [6.45, 7) is 6.43. The normalized spacial score (nSPS) is 14.8. The topological polar surface area (TPSA) is 101 Å². The first-order chi connectivity index (χ1) is 13.2. The predicted molar refractivity (Wildman–Crippen MR) is 102 cm³/mol. The molecule has 2 amide bonds. The van der Waals surface area contributed by atoms with Crippen LogP contribution in [0.15, 0.2) is 18.2 Å². The summed E-state index contributed by atoms with van der Waals surface area (Å²) < 4.78 is 15.9. The molecule has 1 saturated heterocycles. The molecule has 28 heavy (non-hydrogen) atoms. The fourth-order valence-electron chi connectivity index (χ4n) is 2.82. The zero-order valence-corrected chi connectivity index (χ0v) is 16.8. The van der Waals surface area contributed by atoms with Crippen LogP contribution in [0.5, 0.6) is 11.5 Å². The number of benzene rings is 1. The van der Waals surface area contributed by atoms with Crippen LogP contribution in [-0.4, -0.2) is 55.3 Å². The first-order valence-electron chi connectivity index (χ1n) is 9.19. The Bertz CT molecular complexity index is 743. The molecule has 1 aromatic carbocycles. The summed E-state index contributed by atoms with van der Waals surface area (Å²) in [6.07, 6.45) is 0.962. The van der Waals surface area contributed by atoms with E-state index in [4.69, 9.17) is 19.5 Å². The Morgan fingerprint density at radius 2 is 1.86 bits per heavy atom. The van der Waals surface area contributed by atoms with Crippen LogP contribution in [0.1, 0.15) is 44.0 Å². The van der Waals surface area contributed by atoms with Crippen LogP contribution in [0, 0.1) is 11.3 Å². The molecule has 0 radical (unpaired) electrons. The summed E-state index contributed by atoms with van der Waals surface area (Å²) in [5.74, 6) is 0.613. The number of nitriles is 1. The van der Waals surface area contributed by atoms with Gasteiger partial charge in [-0.3, -0.25) is 4.79 Å². The summed E-state index contributed by atoms with van der Waals surface area (Å²) in [4.78, 5) is 26.4. The lowest BCUT2D eigenvalue weighted by Gasteiger charge is -2.33. The molecular weight excluding hydrogens is 362 g/mol. The van der Waals surface area contributed by atoms with Gasteiger partial charge in [0, 0.05) is 30.8 Å². The predicted octanol–water partition coefficient (Wildman–Crippen LogP) is 2.73. The van der Waals surface area contributed by atoms with Crippen molar-refractivity contribution < 1.29 is 23.8 Å². The molecule has 0 atom stereocenters. The van der Waals surface area contributed by atoms with Gasteiger partial charge in [-0.25, -0.2) is 4.79 Å². The van der Waals surface area contributed by atoms with Crippen molar-refractivity contribution in [2.45, 2.75) is 45.3 Å². The van der Waals surface area contributed by atoms with E-state index < -0.39 is 5.60 Å². The van der Waals surface area contributed by atoms with Gasteiger partial charge in [0.05, 0.1) is 7.11 Å². The fraction of sp³-hybridized carbons (Fsp3) is 0.550. The van der Waals surface area contributed by atoms with Gasteiger partial charge in [-0.15, -0.1) is 0 Å². The van der Waals surface area contributed by atoms with Gasteiger partial charge < -0.3 is 24.4 Å². The number of nitrogens with one attached hydrogen (secondary N) is 1. The molecule has 1 aliphatic heterocycles. The van der Waals surface area contributed by atoms with E-state index in [0.717, 1.165) is 0 Å². The van der Waals surface area contributed by atoms with Crippen molar-refractivity contribution in [2.24, 2.45) is 0 Å². The van der Waals surface area contributed by atoms with Gasteiger partial charge in [0.1, 0.15) is 23.2 Å². The van der Waals surface area contributed by atoms with E-state index in [9.17, 15) is 9.59 Å². The lowest BCUT2D eigenvalue weighted by atomic mass is 10.0. The first kappa shape index (κ1) is 21.4. The van der Waals surface area contributed by atoms with Crippen LogP contribution >= 0.6 is 0 Å². The number of amides is 2. The molecule has 0 unspecified atom stereocenters. The third kappa shape index (κ3) is 6.34. The number of carbonyl (C=O) groups is 2. The molecule has 0 spiro atoms. The van der Waals surface area contributed by atoms with Gasteiger partial charge in [-0.05, 0) is 45.7 Å². The molecular formula is C20H27N3O5. The quantitative estimate of drug-likeness (QED) is 0.831. The maximum Gasteiger partial charge on any atom is 0.410 e. The van der Waals surface area contributed by atoms with E-state index in [1.165, 1.54) is 7.11 Å². The molecule has 1 aliphatic rings. The van der Waals surface area contributed by atoms with Gasteiger partial charge in [-0.2, -0.15) is 5.26 Å². The number of rotatable bonds is 5. The monoisotopic (exact) mass is 389 g/mol. The maximum absolute atomic E-state index is 12.6. The van der Waals surface area contributed by atoms with Crippen LogP contribution in [0.2, 0.25) is 0 Å². The molecule has 1 aromatic rings. The summed E-state index contributed by atoms with van der Waals surface area (Å²) >= 11 is 0. The fourth-order valence-corrected chi connectivity index (χ4v) is 2.82. The molecule has 0 aliphatic carbocycles.